The molecular weight excluding hydrogens is 272 g/mol. The molecule has 1 aromatic carbocycles. The van der Waals surface area contributed by atoms with E-state index in [1.807, 2.05) is 19.1 Å². The average molecular weight is 290 g/mol. The molecule has 1 heterocycles. The van der Waals surface area contributed by atoms with Gasteiger partial charge in [-0.1, -0.05) is 12.1 Å². The zero-order valence-corrected chi connectivity index (χ0v) is 12.9. The summed E-state index contributed by atoms with van der Waals surface area (Å²) >= 11 is 1.45. The Kier molecular flexibility index (Phi) is 4.39. The highest BCUT2D eigenvalue weighted by atomic mass is 32.1. The molecule has 0 aliphatic heterocycles. The number of carbonyl (C=O) groups is 1. The number of ether oxygens (including phenoxy) is 1. The molecule has 106 valence electrons. The van der Waals surface area contributed by atoms with Crippen LogP contribution in [0.5, 0.6) is 0 Å². The van der Waals surface area contributed by atoms with Gasteiger partial charge in [0.2, 0.25) is 0 Å². The third-order valence-corrected chi connectivity index (χ3v) is 4.00. The van der Waals surface area contributed by atoms with Crippen molar-refractivity contribution in [2.45, 2.75) is 27.7 Å². The van der Waals surface area contributed by atoms with Gasteiger partial charge in [-0.3, -0.25) is 0 Å². The van der Waals surface area contributed by atoms with E-state index in [-0.39, 0.29) is 5.97 Å². The van der Waals surface area contributed by atoms with E-state index in [0.717, 1.165) is 10.6 Å². The lowest BCUT2D eigenvalue weighted by molar-refractivity contribution is 0.0519. The van der Waals surface area contributed by atoms with Crippen LogP contribution >= 0.6 is 11.3 Å². The van der Waals surface area contributed by atoms with E-state index in [4.69, 9.17) is 4.74 Å². The Labute approximate surface area is 122 Å². The van der Waals surface area contributed by atoms with Gasteiger partial charge in [-0.2, -0.15) is 0 Å². The summed E-state index contributed by atoms with van der Waals surface area (Å²) in [5, 5.41) is 3.98. The second-order valence-corrected chi connectivity index (χ2v) is 5.72. The molecule has 0 atom stereocenters. The van der Waals surface area contributed by atoms with Crippen molar-refractivity contribution in [1.29, 1.82) is 0 Å². The summed E-state index contributed by atoms with van der Waals surface area (Å²) in [5.74, 6) is -0.365. The molecule has 0 amide bonds. The summed E-state index contributed by atoms with van der Waals surface area (Å²) in [5.41, 5.74) is 3.80. The number of anilines is 2. The van der Waals surface area contributed by atoms with Gasteiger partial charge >= 0.3 is 5.97 Å². The smallest absolute Gasteiger partial charge is 0.358 e. The number of benzene rings is 1. The molecule has 4 nitrogen and oxygen atoms in total. The molecule has 20 heavy (non-hydrogen) atoms. The molecule has 0 aliphatic rings. The van der Waals surface area contributed by atoms with Crippen molar-refractivity contribution < 1.29 is 9.53 Å². The minimum atomic E-state index is -0.365. The largest absolute Gasteiger partial charge is 0.461 e. The van der Waals surface area contributed by atoms with Crippen molar-refractivity contribution in [2.75, 3.05) is 11.9 Å². The lowest BCUT2D eigenvalue weighted by Crippen LogP contribution is -2.06. The molecule has 1 N–H and O–H groups in total. The molecule has 0 fully saturated rings. The zero-order valence-electron chi connectivity index (χ0n) is 12.1. The molecule has 5 heteroatoms. The molecule has 0 unspecified atom stereocenters. The first-order valence-corrected chi connectivity index (χ1v) is 7.32. The van der Waals surface area contributed by atoms with Gasteiger partial charge in [0.05, 0.1) is 6.61 Å². The maximum Gasteiger partial charge on any atom is 0.358 e. The molecule has 0 saturated heterocycles. The van der Waals surface area contributed by atoms with Crippen LogP contribution in [-0.4, -0.2) is 17.6 Å². The van der Waals surface area contributed by atoms with E-state index in [1.54, 1.807) is 6.92 Å². The van der Waals surface area contributed by atoms with Crippen LogP contribution in [0.25, 0.3) is 0 Å². The molecule has 0 bridgehead atoms. The first-order chi connectivity index (χ1) is 9.52. The normalized spacial score (nSPS) is 10.4. The van der Waals surface area contributed by atoms with Gasteiger partial charge in [-0.05, 0) is 44.9 Å². The van der Waals surface area contributed by atoms with Crippen molar-refractivity contribution in [2.24, 2.45) is 0 Å². The number of aromatic nitrogens is 1. The third-order valence-electron chi connectivity index (χ3n) is 3.11. The number of rotatable bonds is 4. The highest BCUT2D eigenvalue weighted by Crippen LogP contribution is 2.28. The van der Waals surface area contributed by atoms with E-state index >= 15 is 0 Å². The number of carbonyl (C=O) groups excluding carboxylic acids is 1. The summed E-state index contributed by atoms with van der Waals surface area (Å²) in [6.07, 6.45) is 0. The summed E-state index contributed by atoms with van der Waals surface area (Å²) < 4.78 is 4.99. The second-order valence-electron chi connectivity index (χ2n) is 4.52. The fraction of sp³-hybridized carbons (Fsp3) is 0.333. The van der Waals surface area contributed by atoms with Gasteiger partial charge in [-0.15, -0.1) is 11.3 Å². The van der Waals surface area contributed by atoms with E-state index < -0.39 is 0 Å². The molecule has 0 aliphatic carbocycles. The van der Waals surface area contributed by atoms with Gasteiger partial charge in [0, 0.05) is 10.6 Å². The summed E-state index contributed by atoms with van der Waals surface area (Å²) in [6, 6.07) is 6.07. The fourth-order valence-corrected chi connectivity index (χ4v) is 2.65. The van der Waals surface area contributed by atoms with Crippen molar-refractivity contribution in [3.8, 4) is 0 Å². The Morgan fingerprint density at radius 1 is 1.35 bits per heavy atom. The van der Waals surface area contributed by atoms with Crippen molar-refractivity contribution in [1.82, 2.24) is 4.98 Å². The summed E-state index contributed by atoms with van der Waals surface area (Å²) in [4.78, 5) is 16.9. The standard InChI is InChI=1S/C15H18N2O2S/c1-5-19-14(18)13-11(4)20-15(17-13)16-12-8-6-7-9(2)10(12)3/h6-8H,5H2,1-4H3,(H,16,17). The fourth-order valence-electron chi connectivity index (χ4n) is 1.84. The quantitative estimate of drug-likeness (QED) is 0.865. The topological polar surface area (TPSA) is 51.2 Å². The number of nitrogens with one attached hydrogen (secondary N) is 1. The Hall–Kier alpha value is -1.88. The van der Waals surface area contributed by atoms with Crippen molar-refractivity contribution >= 4 is 28.1 Å². The van der Waals surface area contributed by atoms with Crippen LogP contribution in [0.4, 0.5) is 10.8 Å². The lowest BCUT2D eigenvalue weighted by atomic mass is 10.1. The molecular formula is C15H18N2O2S. The maximum atomic E-state index is 11.7. The summed E-state index contributed by atoms with van der Waals surface area (Å²) in [7, 11) is 0. The molecule has 0 saturated carbocycles. The van der Waals surface area contributed by atoms with Crippen LogP contribution in [0.3, 0.4) is 0 Å². The number of aryl methyl sites for hydroxylation is 2. The first-order valence-electron chi connectivity index (χ1n) is 6.50. The van der Waals surface area contributed by atoms with Gasteiger partial charge < -0.3 is 10.1 Å². The van der Waals surface area contributed by atoms with E-state index in [1.165, 1.54) is 22.5 Å². The molecule has 1 aromatic heterocycles. The maximum absolute atomic E-state index is 11.7. The highest BCUT2D eigenvalue weighted by Gasteiger charge is 2.16. The van der Waals surface area contributed by atoms with Crippen LogP contribution in [-0.2, 0) is 4.74 Å². The number of thiazole rings is 1. The minimum absolute atomic E-state index is 0.357. The van der Waals surface area contributed by atoms with Crippen LogP contribution in [0.1, 0.15) is 33.4 Å². The monoisotopic (exact) mass is 290 g/mol. The van der Waals surface area contributed by atoms with Gasteiger partial charge in [0.1, 0.15) is 0 Å². The van der Waals surface area contributed by atoms with Crippen molar-refractivity contribution in [3.05, 3.63) is 39.9 Å². The zero-order chi connectivity index (χ0) is 14.7. The highest BCUT2D eigenvalue weighted by molar-refractivity contribution is 7.15. The molecule has 2 rings (SSSR count). The molecule has 2 aromatic rings. The Morgan fingerprint density at radius 2 is 2.10 bits per heavy atom. The van der Waals surface area contributed by atoms with E-state index in [2.05, 4.69) is 30.2 Å². The van der Waals surface area contributed by atoms with Crippen LogP contribution in [0.15, 0.2) is 18.2 Å². The average Bonchev–Trinajstić information content (AvgIpc) is 2.76. The summed E-state index contributed by atoms with van der Waals surface area (Å²) in [6.45, 7) is 8.14. The van der Waals surface area contributed by atoms with E-state index in [0.29, 0.717) is 17.4 Å². The Bertz CT molecular complexity index is 635. The SMILES string of the molecule is CCOC(=O)c1nc(Nc2cccc(C)c2C)sc1C. The van der Waals surface area contributed by atoms with Crippen LogP contribution < -0.4 is 5.32 Å². The minimum Gasteiger partial charge on any atom is -0.461 e. The number of esters is 1. The van der Waals surface area contributed by atoms with Crippen LogP contribution in [0.2, 0.25) is 0 Å². The lowest BCUT2D eigenvalue weighted by Gasteiger charge is -2.08. The van der Waals surface area contributed by atoms with Crippen LogP contribution in [0, 0.1) is 20.8 Å². The van der Waals surface area contributed by atoms with Gasteiger partial charge in [0.25, 0.3) is 0 Å². The molecule has 0 radical (unpaired) electrons. The predicted molar refractivity (Wildman–Crippen MR) is 82.0 cm³/mol. The Morgan fingerprint density at radius 3 is 2.80 bits per heavy atom. The Balaban J connectivity index is 2.25. The first kappa shape index (κ1) is 14.5. The third kappa shape index (κ3) is 2.99. The number of nitrogens with zero attached hydrogens (tertiary/aromatic N) is 1. The molecule has 0 spiro atoms. The predicted octanol–water partition coefficient (Wildman–Crippen LogP) is 3.99. The van der Waals surface area contributed by atoms with Gasteiger partial charge in [-0.25, -0.2) is 9.78 Å². The second kappa shape index (κ2) is 6.05. The van der Waals surface area contributed by atoms with E-state index in [9.17, 15) is 4.79 Å². The van der Waals surface area contributed by atoms with Crippen molar-refractivity contribution in [3.63, 3.8) is 0 Å². The van der Waals surface area contributed by atoms with Gasteiger partial charge in [0.15, 0.2) is 10.8 Å². The number of hydrogen-bond acceptors (Lipinski definition) is 5. The number of hydrogen-bond donors (Lipinski definition) is 1.